The molecule has 0 spiro atoms. The molecule has 1 aromatic carbocycles. The summed E-state index contributed by atoms with van der Waals surface area (Å²) in [6.45, 7) is 1.76. The smallest absolute Gasteiger partial charge is 0.166 e. The fourth-order valence-electron chi connectivity index (χ4n) is 2.59. The molecule has 2 heterocycles. The first kappa shape index (κ1) is 12.1. The molecule has 4 heteroatoms. The van der Waals surface area contributed by atoms with E-state index < -0.39 is 0 Å². The molecule has 19 heavy (non-hydrogen) atoms. The van der Waals surface area contributed by atoms with E-state index in [-0.39, 0.29) is 5.82 Å². The van der Waals surface area contributed by atoms with Crippen molar-refractivity contribution in [2.75, 3.05) is 20.1 Å². The van der Waals surface area contributed by atoms with Gasteiger partial charge in [0.1, 0.15) is 0 Å². The van der Waals surface area contributed by atoms with Gasteiger partial charge in [-0.1, -0.05) is 18.2 Å². The van der Waals surface area contributed by atoms with Gasteiger partial charge in [-0.05, 0) is 25.1 Å². The van der Waals surface area contributed by atoms with Gasteiger partial charge in [0.15, 0.2) is 12.1 Å². The minimum atomic E-state index is -0.271. The Labute approximate surface area is 110 Å². The first-order valence-corrected chi connectivity index (χ1v) is 6.33. The second-order valence-electron chi connectivity index (χ2n) is 4.99. The molecule has 1 aliphatic rings. The standard InChI is InChI=1S/C15H15FN2O/c1-18-6-2-3-11(8-18)13-5-4-10-7-12(9-19)17-15(10)14(13)16/h3-5,7,9,17H,2,6,8H2,1H3. The molecule has 1 aromatic heterocycles. The van der Waals surface area contributed by atoms with Gasteiger partial charge >= 0.3 is 0 Å². The number of carbonyl (C=O) groups excluding carboxylic acids is 1. The molecule has 0 atom stereocenters. The van der Waals surface area contributed by atoms with Crippen LogP contribution in [0.5, 0.6) is 0 Å². The lowest BCUT2D eigenvalue weighted by Gasteiger charge is -2.23. The quantitative estimate of drug-likeness (QED) is 0.841. The van der Waals surface area contributed by atoms with Crippen LogP contribution in [-0.4, -0.2) is 36.3 Å². The van der Waals surface area contributed by atoms with E-state index in [9.17, 15) is 9.18 Å². The Morgan fingerprint density at radius 1 is 1.42 bits per heavy atom. The Balaban J connectivity index is 2.12. The van der Waals surface area contributed by atoms with Gasteiger partial charge < -0.3 is 9.88 Å². The van der Waals surface area contributed by atoms with Crippen LogP contribution in [-0.2, 0) is 0 Å². The lowest BCUT2D eigenvalue weighted by Crippen LogP contribution is -2.25. The molecule has 3 nitrogen and oxygen atoms in total. The monoisotopic (exact) mass is 258 g/mol. The van der Waals surface area contributed by atoms with Crippen LogP contribution in [0.25, 0.3) is 16.5 Å². The van der Waals surface area contributed by atoms with E-state index in [4.69, 9.17) is 0 Å². The molecule has 0 amide bonds. The van der Waals surface area contributed by atoms with Crippen molar-refractivity contribution in [3.05, 3.63) is 41.3 Å². The van der Waals surface area contributed by atoms with Crippen LogP contribution in [0.4, 0.5) is 4.39 Å². The van der Waals surface area contributed by atoms with Crippen molar-refractivity contribution in [2.45, 2.75) is 6.42 Å². The molecule has 0 fully saturated rings. The number of benzene rings is 1. The molecule has 0 saturated heterocycles. The molecule has 0 saturated carbocycles. The summed E-state index contributed by atoms with van der Waals surface area (Å²) in [6.07, 6.45) is 3.73. The molecule has 1 aliphatic heterocycles. The van der Waals surface area contributed by atoms with E-state index in [1.807, 2.05) is 13.1 Å². The van der Waals surface area contributed by atoms with Crippen molar-refractivity contribution < 1.29 is 9.18 Å². The molecule has 2 aromatic rings. The highest BCUT2D eigenvalue weighted by atomic mass is 19.1. The molecule has 0 bridgehead atoms. The van der Waals surface area contributed by atoms with Gasteiger partial charge in [-0.2, -0.15) is 0 Å². The maximum Gasteiger partial charge on any atom is 0.166 e. The van der Waals surface area contributed by atoms with Crippen molar-refractivity contribution in [1.29, 1.82) is 0 Å². The van der Waals surface area contributed by atoms with E-state index >= 15 is 0 Å². The molecule has 3 rings (SSSR count). The van der Waals surface area contributed by atoms with Crippen LogP contribution < -0.4 is 0 Å². The first-order chi connectivity index (χ1) is 9.19. The lowest BCUT2D eigenvalue weighted by molar-refractivity contribution is 0.112. The van der Waals surface area contributed by atoms with E-state index in [0.717, 1.165) is 30.5 Å². The zero-order valence-corrected chi connectivity index (χ0v) is 10.7. The number of aromatic amines is 1. The lowest BCUT2D eigenvalue weighted by atomic mass is 10.00. The van der Waals surface area contributed by atoms with E-state index in [1.54, 1.807) is 12.1 Å². The Bertz CT molecular complexity index is 672. The van der Waals surface area contributed by atoms with E-state index in [1.165, 1.54) is 0 Å². The number of hydrogen-bond donors (Lipinski definition) is 1. The van der Waals surface area contributed by atoms with Crippen molar-refractivity contribution in [3.8, 4) is 0 Å². The van der Waals surface area contributed by atoms with Gasteiger partial charge in [-0.15, -0.1) is 0 Å². The number of H-pyrrole nitrogens is 1. The number of carbonyl (C=O) groups is 1. The third-order valence-electron chi connectivity index (χ3n) is 3.57. The minimum absolute atomic E-state index is 0.271. The Morgan fingerprint density at radius 3 is 3.00 bits per heavy atom. The van der Waals surface area contributed by atoms with E-state index in [0.29, 0.717) is 23.1 Å². The second-order valence-corrected chi connectivity index (χ2v) is 4.99. The summed E-state index contributed by atoms with van der Waals surface area (Å²) in [5.74, 6) is -0.271. The van der Waals surface area contributed by atoms with Crippen LogP contribution in [0, 0.1) is 5.82 Å². The van der Waals surface area contributed by atoms with Crippen LogP contribution in [0.3, 0.4) is 0 Å². The SMILES string of the molecule is CN1CCC=C(c2ccc3cc(C=O)[nH]c3c2F)C1. The number of nitrogens with zero attached hydrogens (tertiary/aromatic N) is 1. The fourth-order valence-corrected chi connectivity index (χ4v) is 2.59. The highest BCUT2D eigenvalue weighted by molar-refractivity contribution is 5.90. The number of halogens is 1. The number of likely N-dealkylation sites (N-methyl/N-ethyl adjacent to an activating group) is 1. The fraction of sp³-hybridized carbons (Fsp3) is 0.267. The average Bonchev–Trinajstić information content (AvgIpc) is 2.83. The molecule has 0 aliphatic carbocycles. The first-order valence-electron chi connectivity index (χ1n) is 6.33. The number of rotatable bonds is 2. The number of aromatic nitrogens is 1. The van der Waals surface area contributed by atoms with Gasteiger partial charge in [0.2, 0.25) is 0 Å². The molecule has 0 radical (unpaired) electrons. The normalized spacial score (nSPS) is 16.6. The van der Waals surface area contributed by atoms with Gasteiger partial charge in [-0.3, -0.25) is 4.79 Å². The zero-order valence-electron chi connectivity index (χ0n) is 10.7. The van der Waals surface area contributed by atoms with Crippen molar-refractivity contribution >= 4 is 22.8 Å². The summed E-state index contributed by atoms with van der Waals surface area (Å²) in [6, 6.07) is 5.31. The third kappa shape index (κ3) is 2.08. The molecular weight excluding hydrogens is 243 g/mol. The van der Waals surface area contributed by atoms with Crippen LogP contribution in [0.15, 0.2) is 24.3 Å². The maximum absolute atomic E-state index is 14.5. The Hall–Kier alpha value is -1.94. The zero-order chi connectivity index (χ0) is 13.4. The van der Waals surface area contributed by atoms with Crippen molar-refractivity contribution in [1.82, 2.24) is 9.88 Å². The predicted octanol–water partition coefficient (Wildman–Crippen LogP) is 2.84. The van der Waals surface area contributed by atoms with Gasteiger partial charge in [0, 0.05) is 24.0 Å². The number of hydrogen-bond acceptors (Lipinski definition) is 2. The number of aldehydes is 1. The second kappa shape index (κ2) is 4.63. The van der Waals surface area contributed by atoms with Crippen LogP contribution >= 0.6 is 0 Å². The molecule has 0 unspecified atom stereocenters. The molecule has 1 N–H and O–H groups in total. The summed E-state index contributed by atoms with van der Waals surface area (Å²) >= 11 is 0. The number of nitrogens with one attached hydrogen (secondary N) is 1. The highest BCUT2D eigenvalue weighted by Gasteiger charge is 2.16. The maximum atomic E-state index is 14.5. The summed E-state index contributed by atoms with van der Waals surface area (Å²) in [7, 11) is 2.03. The summed E-state index contributed by atoms with van der Waals surface area (Å²) in [4.78, 5) is 15.7. The predicted molar refractivity (Wildman–Crippen MR) is 73.7 cm³/mol. The van der Waals surface area contributed by atoms with E-state index in [2.05, 4.69) is 16.0 Å². The topological polar surface area (TPSA) is 36.1 Å². The van der Waals surface area contributed by atoms with Crippen LogP contribution in [0.1, 0.15) is 22.5 Å². The highest BCUT2D eigenvalue weighted by Crippen LogP contribution is 2.28. The minimum Gasteiger partial charge on any atom is -0.350 e. The third-order valence-corrected chi connectivity index (χ3v) is 3.57. The molecule has 98 valence electrons. The Kier molecular flexibility index (Phi) is 2.95. The van der Waals surface area contributed by atoms with Crippen molar-refractivity contribution in [3.63, 3.8) is 0 Å². The van der Waals surface area contributed by atoms with Crippen molar-refractivity contribution in [2.24, 2.45) is 0 Å². The van der Waals surface area contributed by atoms with Gasteiger partial charge in [0.25, 0.3) is 0 Å². The largest absolute Gasteiger partial charge is 0.350 e. The molecular formula is C15H15FN2O. The Morgan fingerprint density at radius 2 is 2.26 bits per heavy atom. The van der Waals surface area contributed by atoms with Gasteiger partial charge in [0.05, 0.1) is 11.2 Å². The van der Waals surface area contributed by atoms with Gasteiger partial charge in [-0.25, -0.2) is 4.39 Å². The number of fused-ring (bicyclic) bond motifs is 1. The average molecular weight is 258 g/mol. The van der Waals surface area contributed by atoms with Crippen LogP contribution in [0.2, 0.25) is 0 Å². The summed E-state index contributed by atoms with van der Waals surface area (Å²) < 4.78 is 14.5. The summed E-state index contributed by atoms with van der Waals surface area (Å²) in [5, 5.41) is 0.730. The summed E-state index contributed by atoms with van der Waals surface area (Å²) in [5.41, 5.74) is 2.45.